The van der Waals surface area contributed by atoms with Gasteiger partial charge in [-0.1, -0.05) is 13.8 Å². The van der Waals surface area contributed by atoms with Gasteiger partial charge < -0.3 is 16.0 Å². The molecule has 0 saturated carbocycles. The normalized spacial score (nSPS) is 10.5. The van der Waals surface area contributed by atoms with Crippen LogP contribution < -0.4 is 16.0 Å². The van der Waals surface area contributed by atoms with Crippen LogP contribution >= 0.6 is 22.7 Å². The molecule has 2 aromatic rings. The fraction of sp³-hybridized carbons (Fsp3) is 0.333. The summed E-state index contributed by atoms with van der Waals surface area (Å²) < 4.78 is 0. The summed E-state index contributed by atoms with van der Waals surface area (Å²) in [5.74, 6) is 0.210. The molecule has 0 radical (unpaired) electrons. The minimum Gasteiger partial charge on any atom is -0.351 e. The lowest BCUT2D eigenvalue weighted by Crippen LogP contribution is -2.29. The molecule has 5 nitrogen and oxygen atoms in total. The van der Waals surface area contributed by atoms with E-state index in [-0.39, 0.29) is 11.9 Å². The fourth-order valence-electron chi connectivity index (χ4n) is 1.76. The third-order valence-electron chi connectivity index (χ3n) is 2.89. The molecular weight excluding hydrogens is 318 g/mol. The van der Waals surface area contributed by atoms with Crippen molar-refractivity contribution >= 4 is 40.3 Å². The van der Waals surface area contributed by atoms with E-state index in [0.29, 0.717) is 23.0 Å². The van der Waals surface area contributed by atoms with Crippen LogP contribution in [0.25, 0.3) is 10.4 Å². The van der Waals surface area contributed by atoms with Gasteiger partial charge >= 0.3 is 6.03 Å². The van der Waals surface area contributed by atoms with Gasteiger partial charge in [0.15, 0.2) is 0 Å². The van der Waals surface area contributed by atoms with Crippen molar-refractivity contribution in [3.63, 3.8) is 0 Å². The van der Waals surface area contributed by atoms with Gasteiger partial charge in [0, 0.05) is 24.0 Å². The molecule has 7 heteroatoms. The van der Waals surface area contributed by atoms with Crippen LogP contribution in [-0.2, 0) is 0 Å². The Morgan fingerprint density at radius 3 is 2.68 bits per heavy atom. The van der Waals surface area contributed by atoms with Crippen molar-refractivity contribution in [2.45, 2.75) is 13.8 Å². The maximum atomic E-state index is 12.4. The van der Waals surface area contributed by atoms with E-state index in [4.69, 9.17) is 0 Å². The summed E-state index contributed by atoms with van der Waals surface area (Å²) in [5.41, 5.74) is 1.59. The second kappa shape index (κ2) is 7.42. The first-order chi connectivity index (χ1) is 10.5. The number of thiophene rings is 2. The standard InChI is InChI=1S/C15H19N3O2S2/c1-9(2)7-17-14(19)13-11(18-15(20)16-3)6-12(22-13)10-4-5-21-8-10/h4-6,8-9H,7H2,1-3H3,(H,17,19)(H2,16,18,20). The predicted molar refractivity (Wildman–Crippen MR) is 92.9 cm³/mol. The van der Waals surface area contributed by atoms with E-state index >= 15 is 0 Å². The van der Waals surface area contributed by atoms with Crippen LogP contribution in [0.15, 0.2) is 22.9 Å². The maximum absolute atomic E-state index is 12.4. The second-order valence-corrected chi connectivity index (χ2v) is 7.01. The van der Waals surface area contributed by atoms with Crippen molar-refractivity contribution in [2.75, 3.05) is 18.9 Å². The lowest BCUT2D eigenvalue weighted by atomic mass is 10.2. The first-order valence-corrected chi connectivity index (χ1v) is 8.70. The third-order valence-corrected chi connectivity index (χ3v) is 4.76. The molecule has 2 heterocycles. The number of anilines is 1. The lowest BCUT2D eigenvalue weighted by molar-refractivity contribution is 0.0954. The summed E-state index contributed by atoms with van der Waals surface area (Å²) in [5, 5.41) is 12.1. The summed E-state index contributed by atoms with van der Waals surface area (Å²) in [6.07, 6.45) is 0. The number of hydrogen-bond acceptors (Lipinski definition) is 4. The molecule has 2 aromatic heterocycles. The van der Waals surface area contributed by atoms with Gasteiger partial charge in [-0.2, -0.15) is 11.3 Å². The van der Waals surface area contributed by atoms with Gasteiger partial charge in [-0.05, 0) is 28.8 Å². The number of urea groups is 1. The van der Waals surface area contributed by atoms with E-state index in [1.165, 1.54) is 11.3 Å². The Bertz CT molecular complexity index is 648. The van der Waals surface area contributed by atoms with Gasteiger partial charge in [0.1, 0.15) is 4.88 Å². The Kier molecular flexibility index (Phi) is 5.57. The van der Waals surface area contributed by atoms with E-state index in [2.05, 4.69) is 16.0 Å². The topological polar surface area (TPSA) is 70.2 Å². The fourth-order valence-corrected chi connectivity index (χ4v) is 3.52. The van der Waals surface area contributed by atoms with Gasteiger partial charge in [-0.15, -0.1) is 11.3 Å². The van der Waals surface area contributed by atoms with Crippen LogP contribution in [0.3, 0.4) is 0 Å². The monoisotopic (exact) mass is 337 g/mol. The highest BCUT2D eigenvalue weighted by Crippen LogP contribution is 2.35. The van der Waals surface area contributed by atoms with Crippen molar-refractivity contribution in [3.8, 4) is 10.4 Å². The zero-order valence-electron chi connectivity index (χ0n) is 12.7. The lowest BCUT2D eigenvalue weighted by Gasteiger charge is -2.08. The molecular formula is C15H19N3O2S2. The molecule has 0 saturated heterocycles. The molecule has 0 atom stereocenters. The highest BCUT2D eigenvalue weighted by atomic mass is 32.1. The number of carbonyl (C=O) groups excluding carboxylic acids is 2. The molecule has 0 aliphatic heterocycles. The van der Waals surface area contributed by atoms with Crippen LogP contribution in [0.4, 0.5) is 10.5 Å². The van der Waals surface area contributed by atoms with E-state index in [1.807, 2.05) is 36.7 Å². The average Bonchev–Trinajstić information content (AvgIpc) is 3.13. The molecule has 0 aromatic carbocycles. The van der Waals surface area contributed by atoms with Crippen LogP contribution in [-0.4, -0.2) is 25.5 Å². The molecule has 22 heavy (non-hydrogen) atoms. The predicted octanol–water partition coefficient (Wildman–Crippen LogP) is 3.61. The molecule has 0 aliphatic rings. The molecule has 2 rings (SSSR count). The molecule has 0 unspecified atom stereocenters. The van der Waals surface area contributed by atoms with Crippen molar-refractivity contribution in [1.29, 1.82) is 0 Å². The van der Waals surface area contributed by atoms with Crippen LogP contribution in [0, 0.1) is 5.92 Å². The Hall–Kier alpha value is -1.86. The molecule has 0 spiro atoms. The Labute approximate surface area is 137 Å². The summed E-state index contributed by atoms with van der Waals surface area (Å²) in [7, 11) is 1.54. The first kappa shape index (κ1) is 16.5. The van der Waals surface area contributed by atoms with E-state index < -0.39 is 0 Å². The highest BCUT2D eigenvalue weighted by molar-refractivity contribution is 7.18. The SMILES string of the molecule is CNC(=O)Nc1cc(-c2ccsc2)sc1C(=O)NCC(C)C. The molecule has 3 amide bonds. The first-order valence-electron chi connectivity index (χ1n) is 6.94. The van der Waals surface area contributed by atoms with E-state index in [9.17, 15) is 9.59 Å². The molecule has 0 bridgehead atoms. The molecule has 118 valence electrons. The zero-order chi connectivity index (χ0) is 16.1. The van der Waals surface area contributed by atoms with Gasteiger partial charge in [0.25, 0.3) is 5.91 Å². The summed E-state index contributed by atoms with van der Waals surface area (Å²) in [4.78, 5) is 25.4. The minimum atomic E-state index is -0.340. The van der Waals surface area contributed by atoms with Crippen LogP contribution in [0.2, 0.25) is 0 Å². The van der Waals surface area contributed by atoms with Crippen LogP contribution in [0.1, 0.15) is 23.5 Å². The third kappa shape index (κ3) is 4.08. The molecule has 3 N–H and O–H groups in total. The molecule has 0 fully saturated rings. The Morgan fingerprint density at radius 2 is 2.09 bits per heavy atom. The van der Waals surface area contributed by atoms with E-state index in [0.717, 1.165) is 10.4 Å². The largest absolute Gasteiger partial charge is 0.351 e. The number of carbonyl (C=O) groups is 2. The highest BCUT2D eigenvalue weighted by Gasteiger charge is 2.18. The maximum Gasteiger partial charge on any atom is 0.319 e. The Balaban J connectivity index is 2.28. The minimum absolute atomic E-state index is 0.161. The zero-order valence-corrected chi connectivity index (χ0v) is 14.4. The van der Waals surface area contributed by atoms with Gasteiger partial charge in [0.05, 0.1) is 5.69 Å². The number of amides is 3. The smallest absolute Gasteiger partial charge is 0.319 e. The van der Waals surface area contributed by atoms with Gasteiger partial charge in [0.2, 0.25) is 0 Å². The summed E-state index contributed by atoms with van der Waals surface area (Å²) >= 11 is 2.98. The molecule has 0 aliphatic carbocycles. The Morgan fingerprint density at radius 1 is 1.32 bits per heavy atom. The van der Waals surface area contributed by atoms with E-state index in [1.54, 1.807) is 18.4 Å². The number of nitrogens with one attached hydrogen (secondary N) is 3. The average molecular weight is 337 g/mol. The summed E-state index contributed by atoms with van der Waals surface area (Å²) in [6, 6.07) is 3.50. The van der Waals surface area contributed by atoms with Gasteiger partial charge in [-0.25, -0.2) is 4.79 Å². The second-order valence-electron chi connectivity index (χ2n) is 5.17. The quantitative estimate of drug-likeness (QED) is 0.780. The number of rotatable bonds is 5. The summed E-state index contributed by atoms with van der Waals surface area (Å²) in [6.45, 7) is 4.67. The van der Waals surface area contributed by atoms with Crippen molar-refractivity contribution in [1.82, 2.24) is 10.6 Å². The van der Waals surface area contributed by atoms with Crippen molar-refractivity contribution in [2.24, 2.45) is 5.92 Å². The van der Waals surface area contributed by atoms with Crippen molar-refractivity contribution in [3.05, 3.63) is 27.8 Å². The number of hydrogen-bond donors (Lipinski definition) is 3. The van der Waals surface area contributed by atoms with Crippen molar-refractivity contribution < 1.29 is 9.59 Å². The van der Waals surface area contributed by atoms with Crippen LogP contribution in [0.5, 0.6) is 0 Å². The van der Waals surface area contributed by atoms with Gasteiger partial charge in [-0.3, -0.25) is 4.79 Å².